The Labute approximate surface area is 226 Å². The fourth-order valence-corrected chi connectivity index (χ4v) is 4.56. The molecular formula is C25H23BrClFN4O3S. The second-order valence-corrected chi connectivity index (χ2v) is 9.23. The summed E-state index contributed by atoms with van der Waals surface area (Å²) < 4.78 is 33.5. The number of H-pyrrole nitrogens is 1. The van der Waals surface area contributed by atoms with E-state index in [2.05, 4.69) is 31.6 Å². The summed E-state index contributed by atoms with van der Waals surface area (Å²) in [6.45, 7) is 2.91. The van der Waals surface area contributed by atoms with E-state index in [1.807, 2.05) is 43.3 Å². The van der Waals surface area contributed by atoms with Crippen molar-refractivity contribution in [2.45, 2.75) is 20.1 Å². The van der Waals surface area contributed by atoms with Gasteiger partial charge >= 0.3 is 0 Å². The largest absolute Gasteiger partial charge is 0.496 e. The maximum atomic E-state index is 13.4. The highest BCUT2D eigenvalue weighted by Crippen LogP contribution is 2.38. The van der Waals surface area contributed by atoms with E-state index in [0.717, 1.165) is 11.1 Å². The molecule has 0 radical (unpaired) electrons. The Morgan fingerprint density at radius 1 is 1.14 bits per heavy atom. The van der Waals surface area contributed by atoms with E-state index in [-0.39, 0.29) is 6.61 Å². The number of hydrogen-bond acceptors (Lipinski definition) is 6. The van der Waals surface area contributed by atoms with Crippen LogP contribution in [0, 0.1) is 10.6 Å². The number of rotatable bonds is 10. The number of halogens is 3. The number of hydrogen-bond donors (Lipinski definition) is 2. The lowest BCUT2D eigenvalue weighted by molar-refractivity contribution is 0.267. The van der Waals surface area contributed by atoms with E-state index in [0.29, 0.717) is 56.1 Å². The van der Waals surface area contributed by atoms with Crippen molar-refractivity contribution in [3.63, 3.8) is 0 Å². The number of para-hydroxylation sites is 1. The van der Waals surface area contributed by atoms with Crippen LogP contribution in [0.15, 0.2) is 59.1 Å². The Hall–Kier alpha value is -3.08. The van der Waals surface area contributed by atoms with Crippen molar-refractivity contribution < 1.29 is 18.6 Å². The zero-order chi connectivity index (χ0) is 25.7. The lowest BCUT2D eigenvalue weighted by Gasteiger charge is -2.17. The molecular weight excluding hydrogens is 571 g/mol. The third kappa shape index (κ3) is 5.83. The Kier molecular flexibility index (Phi) is 8.50. The van der Waals surface area contributed by atoms with E-state index in [9.17, 15) is 4.39 Å². The maximum Gasteiger partial charge on any atom is 0.214 e. The third-order valence-electron chi connectivity index (χ3n) is 5.22. The summed E-state index contributed by atoms with van der Waals surface area (Å²) >= 11 is 15.2. The molecule has 36 heavy (non-hydrogen) atoms. The topological polar surface area (TPSA) is 73.3 Å². The van der Waals surface area contributed by atoms with Crippen LogP contribution >= 0.6 is 39.7 Å². The van der Waals surface area contributed by atoms with Gasteiger partial charge in [0, 0.05) is 5.56 Å². The molecule has 1 aromatic heterocycles. The second kappa shape index (κ2) is 11.8. The molecule has 0 unspecified atom stereocenters. The molecule has 0 fully saturated rings. The monoisotopic (exact) mass is 592 g/mol. The van der Waals surface area contributed by atoms with Gasteiger partial charge in [-0.1, -0.05) is 29.8 Å². The van der Waals surface area contributed by atoms with Gasteiger partial charge in [0.15, 0.2) is 17.3 Å². The highest BCUT2D eigenvalue weighted by atomic mass is 79.9. The Morgan fingerprint density at radius 3 is 2.69 bits per heavy atom. The molecule has 4 rings (SSSR count). The fraction of sp³-hybridized carbons (Fsp3) is 0.200. The normalized spacial score (nSPS) is 10.8. The van der Waals surface area contributed by atoms with Gasteiger partial charge in [0.2, 0.25) is 4.77 Å². The van der Waals surface area contributed by atoms with Crippen molar-refractivity contribution in [2.24, 2.45) is 0 Å². The molecule has 0 saturated carbocycles. The number of nitrogens with one attached hydrogen (secondary N) is 2. The third-order valence-corrected chi connectivity index (χ3v) is 6.43. The molecule has 0 aliphatic carbocycles. The summed E-state index contributed by atoms with van der Waals surface area (Å²) in [5.41, 5.74) is 5.67. The summed E-state index contributed by atoms with van der Waals surface area (Å²) in [4.78, 5) is 0. The Balaban J connectivity index is 1.56. The number of nitrogens with zero attached hydrogens (tertiary/aromatic N) is 2. The molecule has 0 spiro atoms. The van der Waals surface area contributed by atoms with Crippen LogP contribution < -0.4 is 19.6 Å². The van der Waals surface area contributed by atoms with Gasteiger partial charge in [-0.25, -0.2) is 14.2 Å². The van der Waals surface area contributed by atoms with Crippen molar-refractivity contribution in [1.29, 1.82) is 0 Å². The highest BCUT2D eigenvalue weighted by Gasteiger charge is 2.16. The van der Waals surface area contributed by atoms with E-state index in [1.165, 1.54) is 12.1 Å². The SMILES string of the molecule is CCOc1cc(CNn2c(-c3ccccc3OC)n[nH]c2=S)cc(Br)c1OCc1ccc(F)cc1Cl. The highest BCUT2D eigenvalue weighted by molar-refractivity contribution is 9.10. The van der Waals surface area contributed by atoms with E-state index >= 15 is 0 Å². The minimum Gasteiger partial charge on any atom is -0.496 e. The summed E-state index contributed by atoms with van der Waals surface area (Å²) in [5.74, 6) is 1.96. The first-order valence-corrected chi connectivity index (χ1v) is 12.6. The standard InChI is InChI=1S/C25H23BrClFN4O3S/c1-3-34-22-11-15(10-19(26)23(22)35-14-16-8-9-17(28)12-20(16)27)13-29-32-24(30-31-25(32)36)18-6-4-5-7-21(18)33-2/h4-12,29H,3,13-14H2,1-2H3,(H,31,36). The Bertz CT molecular complexity index is 1430. The van der Waals surface area contributed by atoms with Crippen LogP contribution in [0.5, 0.6) is 17.2 Å². The predicted octanol–water partition coefficient (Wildman–Crippen LogP) is 6.89. The molecule has 11 heteroatoms. The van der Waals surface area contributed by atoms with Gasteiger partial charge in [-0.3, -0.25) is 0 Å². The number of methoxy groups -OCH3 is 1. The molecule has 0 atom stereocenters. The van der Waals surface area contributed by atoms with Gasteiger partial charge in [-0.05, 0) is 77.0 Å². The van der Waals surface area contributed by atoms with E-state index < -0.39 is 5.82 Å². The lowest BCUT2D eigenvalue weighted by atomic mass is 10.2. The maximum absolute atomic E-state index is 13.4. The van der Waals surface area contributed by atoms with Gasteiger partial charge < -0.3 is 19.6 Å². The van der Waals surface area contributed by atoms with Crippen molar-refractivity contribution in [2.75, 3.05) is 19.1 Å². The number of ether oxygens (including phenoxy) is 3. The molecule has 0 aliphatic heterocycles. The van der Waals surface area contributed by atoms with Crippen molar-refractivity contribution >= 4 is 39.7 Å². The van der Waals surface area contributed by atoms with Crippen LogP contribution in [0.2, 0.25) is 5.02 Å². The summed E-state index contributed by atoms with van der Waals surface area (Å²) in [6.07, 6.45) is 0. The zero-order valence-electron chi connectivity index (χ0n) is 19.5. The first kappa shape index (κ1) is 26.0. The predicted molar refractivity (Wildman–Crippen MR) is 144 cm³/mol. The van der Waals surface area contributed by atoms with E-state index in [4.69, 9.17) is 38.0 Å². The summed E-state index contributed by atoms with van der Waals surface area (Å²) in [7, 11) is 1.61. The summed E-state index contributed by atoms with van der Waals surface area (Å²) in [5, 5.41) is 7.49. The Morgan fingerprint density at radius 2 is 1.94 bits per heavy atom. The van der Waals surface area contributed by atoms with Gasteiger partial charge in [0.1, 0.15) is 18.2 Å². The minimum atomic E-state index is -0.400. The molecule has 0 saturated heterocycles. The fourth-order valence-electron chi connectivity index (χ4n) is 3.54. The smallest absolute Gasteiger partial charge is 0.214 e. The molecule has 188 valence electrons. The van der Waals surface area contributed by atoms with Crippen LogP contribution in [0.4, 0.5) is 4.39 Å². The number of aromatic nitrogens is 3. The molecule has 1 heterocycles. The second-order valence-electron chi connectivity index (χ2n) is 7.59. The van der Waals surface area contributed by atoms with Crippen molar-refractivity contribution in [3.05, 3.63) is 85.8 Å². The van der Waals surface area contributed by atoms with Crippen molar-refractivity contribution in [3.8, 4) is 28.6 Å². The van der Waals surface area contributed by atoms with Crippen LogP contribution in [0.1, 0.15) is 18.1 Å². The van der Waals surface area contributed by atoms with Crippen LogP contribution in [0.25, 0.3) is 11.4 Å². The van der Waals surface area contributed by atoms with Gasteiger partial charge in [-0.2, -0.15) is 5.10 Å². The number of aromatic amines is 1. The zero-order valence-corrected chi connectivity index (χ0v) is 22.6. The summed E-state index contributed by atoms with van der Waals surface area (Å²) in [6, 6.07) is 15.6. The molecule has 3 aromatic carbocycles. The average Bonchev–Trinajstić information content (AvgIpc) is 3.23. The van der Waals surface area contributed by atoms with Gasteiger partial charge in [0.25, 0.3) is 0 Å². The van der Waals surface area contributed by atoms with Gasteiger partial charge in [0.05, 0.1) is 35.3 Å². The first-order chi connectivity index (χ1) is 17.4. The molecule has 2 N–H and O–H groups in total. The first-order valence-electron chi connectivity index (χ1n) is 11.0. The van der Waals surface area contributed by atoms with Crippen LogP contribution in [-0.2, 0) is 13.2 Å². The van der Waals surface area contributed by atoms with E-state index in [1.54, 1.807) is 17.9 Å². The number of benzene rings is 3. The van der Waals surface area contributed by atoms with Gasteiger partial charge in [-0.15, -0.1) is 0 Å². The quantitative estimate of drug-likeness (QED) is 0.195. The minimum absolute atomic E-state index is 0.155. The average molecular weight is 594 g/mol. The van der Waals surface area contributed by atoms with Crippen molar-refractivity contribution in [1.82, 2.24) is 14.9 Å². The lowest BCUT2D eigenvalue weighted by Crippen LogP contribution is -2.16. The molecule has 4 aromatic rings. The molecule has 0 bridgehead atoms. The molecule has 0 aliphatic rings. The molecule has 0 amide bonds. The van der Waals surface area contributed by atoms with Crippen LogP contribution in [0.3, 0.4) is 0 Å². The van der Waals surface area contributed by atoms with Crippen LogP contribution in [-0.4, -0.2) is 28.6 Å². The molecule has 7 nitrogen and oxygen atoms in total.